The number of allylic oxidation sites excluding steroid dienone is 1. The summed E-state index contributed by atoms with van der Waals surface area (Å²) >= 11 is 0. The maximum atomic E-state index is 10.2. The smallest absolute Gasteiger partial charge is 0.0896 e. The van der Waals surface area contributed by atoms with Gasteiger partial charge in [-0.2, -0.15) is 0 Å². The molecule has 0 saturated heterocycles. The molecule has 0 radical (unpaired) electrons. The Morgan fingerprint density at radius 2 is 1.10 bits per heavy atom. The molecule has 0 aliphatic rings. The quantitative estimate of drug-likeness (QED) is 0.126. The number of hydrogen-bond acceptors (Lipinski definition) is 3. The lowest BCUT2D eigenvalue weighted by Gasteiger charge is -2.19. The summed E-state index contributed by atoms with van der Waals surface area (Å²) in [5, 5.41) is 23.1. The summed E-state index contributed by atoms with van der Waals surface area (Å²) in [4.78, 5) is 0. The normalized spacial score (nSPS) is 13.9. The van der Waals surface area contributed by atoms with E-state index in [1.165, 1.54) is 103 Å². The molecule has 0 saturated carbocycles. The fourth-order valence-electron chi connectivity index (χ4n) is 3.78. The summed E-state index contributed by atoms with van der Waals surface area (Å²) in [6.07, 6.45) is 27.0. The number of rotatable bonds is 23. The summed E-state index contributed by atoms with van der Waals surface area (Å²) in [7, 11) is 0. The Hall–Kier alpha value is -0.380. The van der Waals surface area contributed by atoms with Crippen molar-refractivity contribution in [1.82, 2.24) is 5.32 Å². The Morgan fingerprint density at radius 1 is 0.655 bits per heavy atom. The highest BCUT2D eigenvalue weighted by molar-refractivity contribution is 4.94. The number of aliphatic hydroxyl groups is 2. The van der Waals surface area contributed by atoms with Gasteiger partial charge in [0.25, 0.3) is 0 Å². The number of aliphatic hydroxyl groups excluding tert-OH is 2. The zero-order chi connectivity index (χ0) is 21.4. The van der Waals surface area contributed by atoms with Gasteiger partial charge in [-0.05, 0) is 25.8 Å². The Bertz CT molecular complexity index is 333. The predicted molar refractivity (Wildman–Crippen MR) is 128 cm³/mol. The third-order valence-corrected chi connectivity index (χ3v) is 5.85. The van der Waals surface area contributed by atoms with E-state index in [0.29, 0.717) is 0 Å². The van der Waals surface area contributed by atoms with Crippen LogP contribution in [0.25, 0.3) is 0 Å². The predicted octanol–water partition coefficient (Wildman–Crippen LogP) is 6.92. The monoisotopic (exact) mass is 411 g/mol. The average Bonchev–Trinajstić information content (AvgIpc) is 2.73. The van der Waals surface area contributed by atoms with E-state index in [4.69, 9.17) is 0 Å². The van der Waals surface area contributed by atoms with Crippen molar-refractivity contribution < 1.29 is 10.2 Å². The maximum absolute atomic E-state index is 10.2. The van der Waals surface area contributed by atoms with Crippen LogP contribution in [0.15, 0.2) is 12.2 Å². The lowest BCUT2D eigenvalue weighted by atomic mass is 10.0. The van der Waals surface area contributed by atoms with E-state index < -0.39 is 6.10 Å². The molecular formula is C26H53NO2. The SMILES string of the molecule is CCCCCCCCCCCCCC=C[C@@H](O)[C@H](CO)NCCCCCCCC. The largest absolute Gasteiger partial charge is 0.395 e. The van der Waals surface area contributed by atoms with Gasteiger partial charge in [0.15, 0.2) is 0 Å². The number of hydrogen-bond donors (Lipinski definition) is 3. The van der Waals surface area contributed by atoms with E-state index in [1.807, 2.05) is 6.08 Å². The van der Waals surface area contributed by atoms with Gasteiger partial charge >= 0.3 is 0 Å². The first kappa shape index (κ1) is 28.6. The summed E-state index contributed by atoms with van der Waals surface area (Å²) < 4.78 is 0. The fraction of sp³-hybridized carbons (Fsp3) is 0.923. The van der Waals surface area contributed by atoms with Gasteiger partial charge in [0.1, 0.15) is 0 Å². The van der Waals surface area contributed by atoms with Crippen molar-refractivity contribution in [3.8, 4) is 0 Å². The van der Waals surface area contributed by atoms with Crippen molar-refractivity contribution >= 4 is 0 Å². The number of unbranched alkanes of at least 4 members (excludes halogenated alkanes) is 16. The molecule has 29 heavy (non-hydrogen) atoms. The van der Waals surface area contributed by atoms with Crippen molar-refractivity contribution in [2.24, 2.45) is 0 Å². The molecule has 0 unspecified atom stereocenters. The molecule has 0 spiro atoms. The molecule has 0 aromatic carbocycles. The lowest BCUT2D eigenvalue weighted by Crippen LogP contribution is -2.42. The molecule has 0 aromatic rings. The molecule has 174 valence electrons. The zero-order valence-electron chi connectivity index (χ0n) is 19.8. The van der Waals surface area contributed by atoms with Gasteiger partial charge in [-0.1, -0.05) is 122 Å². The van der Waals surface area contributed by atoms with Crippen LogP contribution in [-0.2, 0) is 0 Å². The molecule has 3 heteroatoms. The summed E-state index contributed by atoms with van der Waals surface area (Å²) in [6.45, 7) is 5.37. The minimum atomic E-state index is -0.590. The van der Waals surface area contributed by atoms with Crippen LogP contribution >= 0.6 is 0 Å². The summed E-state index contributed by atoms with van der Waals surface area (Å²) in [5.74, 6) is 0. The second kappa shape index (κ2) is 23.9. The highest BCUT2D eigenvalue weighted by Crippen LogP contribution is 2.12. The van der Waals surface area contributed by atoms with Gasteiger partial charge < -0.3 is 15.5 Å². The van der Waals surface area contributed by atoms with E-state index in [2.05, 4.69) is 25.2 Å². The Labute approximate surface area is 182 Å². The van der Waals surface area contributed by atoms with Crippen LogP contribution in [-0.4, -0.2) is 35.5 Å². The van der Waals surface area contributed by atoms with Crippen molar-refractivity contribution in [3.05, 3.63) is 12.2 Å². The van der Waals surface area contributed by atoms with E-state index in [1.54, 1.807) is 0 Å². The minimum absolute atomic E-state index is 0.0141. The van der Waals surface area contributed by atoms with Crippen molar-refractivity contribution in [1.29, 1.82) is 0 Å². The maximum Gasteiger partial charge on any atom is 0.0896 e. The first-order valence-electron chi connectivity index (χ1n) is 12.9. The van der Waals surface area contributed by atoms with Crippen LogP contribution in [0.1, 0.15) is 129 Å². The van der Waals surface area contributed by atoms with Crippen LogP contribution in [0.3, 0.4) is 0 Å². The van der Waals surface area contributed by atoms with Crippen molar-refractivity contribution in [2.75, 3.05) is 13.2 Å². The van der Waals surface area contributed by atoms with E-state index >= 15 is 0 Å². The highest BCUT2D eigenvalue weighted by Gasteiger charge is 2.14. The van der Waals surface area contributed by atoms with Crippen molar-refractivity contribution in [3.63, 3.8) is 0 Å². The highest BCUT2D eigenvalue weighted by atomic mass is 16.3. The molecule has 3 nitrogen and oxygen atoms in total. The van der Waals surface area contributed by atoms with Crippen LogP contribution in [0.4, 0.5) is 0 Å². The van der Waals surface area contributed by atoms with E-state index in [0.717, 1.165) is 19.4 Å². The van der Waals surface area contributed by atoms with Crippen molar-refractivity contribution in [2.45, 2.75) is 142 Å². The Balaban J connectivity index is 3.53. The molecule has 0 aromatic heterocycles. The summed E-state index contributed by atoms with van der Waals surface area (Å²) in [6, 6.07) is -0.237. The van der Waals surface area contributed by atoms with Crippen LogP contribution in [0.2, 0.25) is 0 Å². The molecular weight excluding hydrogens is 358 g/mol. The van der Waals surface area contributed by atoms with Crippen LogP contribution in [0.5, 0.6) is 0 Å². The molecule has 0 fully saturated rings. The number of nitrogens with one attached hydrogen (secondary N) is 1. The average molecular weight is 412 g/mol. The third-order valence-electron chi connectivity index (χ3n) is 5.85. The van der Waals surface area contributed by atoms with Crippen LogP contribution in [0, 0.1) is 0 Å². The molecule has 0 bridgehead atoms. The fourth-order valence-corrected chi connectivity index (χ4v) is 3.78. The Kier molecular flexibility index (Phi) is 23.6. The third kappa shape index (κ3) is 20.7. The molecule has 0 amide bonds. The lowest BCUT2D eigenvalue weighted by molar-refractivity contribution is 0.123. The minimum Gasteiger partial charge on any atom is -0.395 e. The first-order valence-corrected chi connectivity index (χ1v) is 12.9. The molecule has 0 heterocycles. The topological polar surface area (TPSA) is 52.5 Å². The van der Waals surface area contributed by atoms with Crippen LogP contribution < -0.4 is 5.32 Å². The van der Waals surface area contributed by atoms with E-state index in [-0.39, 0.29) is 12.6 Å². The molecule has 0 aliphatic carbocycles. The van der Waals surface area contributed by atoms with Gasteiger partial charge in [0, 0.05) is 0 Å². The van der Waals surface area contributed by atoms with Gasteiger partial charge in [-0.3, -0.25) is 0 Å². The summed E-state index contributed by atoms with van der Waals surface area (Å²) in [5.41, 5.74) is 0. The second-order valence-corrected chi connectivity index (χ2v) is 8.75. The standard InChI is InChI=1S/C26H53NO2/c1-3-5-7-9-11-12-13-14-15-16-17-18-20-22-26(29)25(24-28)27-23-21-19-10-8-6-4-2/h20,22,25-29H,3-19,21,23-24H2,1-2H3/t25-,26+/m0/s1. The Morgan fingerprint density at radius 3 is 1.59 bits per heavy atom. The first-order chi connectivity index (χ1) is 14.3. The molecule has 0 aliphatic heterocycles. The van der Waals surface area contributed by atoms with Gasteiger partial charge in [-0.25, -0.2) is 0 Å². The molecule has 2 atom stereocenters. The molecule has 3 N–H and O–H groups in total. The van der Waals surface area contributed by atoms with Gasteiger partial charge in [0.05, 0.1) is 18.8 Å². The zero-order valence-corrected chi connectivity index (χ0v) is 19.8. The van der Waals surface area contributed by atoms with Gasteiger partial charge in [0.2, 0.25) is 0 Å². The van der Waals surface area contributed by atoms with Gasteiger partial charge in [-0.15, -0.1) is 0 Å². The van der Waals surface area contributed by atoms with E-state index in [9.17, 15) is 10.2 Å². The molecule has 0 rings (SSSR count). The second-order valence-electron chi connectivity index (χ2n) is 8.75.